The van der Waals surface area contributed by atoms with E-state index in [1.165, 1.54) is 11.3 Å². The van der Waals surface area contributed by atoms with E-state index in [1.54, 1.807) is 6.20 Å². The third-order valence-corrected chi connectivity index (χ3v) is 5.86. The number of likely N-dealkylation sites (tertiary alicyclic amines) is 1. The maximum atomic E-state index is 12.6. The number of thiophene rings is 1. The minimum Gasteiger partial charge on any atom is -0.337 e. The van der Waals surface area contributed by atoms with E-state index < -0.39 is 0 Å². The Kier molecular flexibility index (Phi) is 3.94. The lowest BCUT2D eigenvalue weighted by Gasteiger charge is -2.31. The normalized spacial score (nSPS) is 19.3. The van der Waals surface area contributed by atoms with Crippen molar-refractivity contribution in [2.45, 2.75) is 25.7 Å². The molecule has 0 aliphatic carbocycles. The minimum absolute atomic E-state index is 0.146. The molecule has 4 nitrogen and oxygen atoms in total. The number of piperidine rings is 1. The molecule has 2 aromatic heterocycles. The number of aromatic amines is 1. The fraction of sp³-hybridized carbons (Fsp3) is 0.429. The molecule has 106 valence electrons. The number of rotatable bonds is 2. The number of H-pyrrole nitrogens is 1. The van der Waals surface area contributed by atoms with E-state index in [0.717, 1.165) is 45.9 Å². The van der Waals surface area contributed by atoms with Crippen molar-refractivity contribution in [1.29, 1.82) is 0 Å². The summed E-state index contributed by atoms with van der Waals surface area (Å²) in [5.74, 6) is 0.521. The number of nitrogens with one attached hydrogen (secondary N) is 1. The summed E-state index contributed by atoms with van der Waals surface area (Å²) >= 11 is 5.01. The molecule has 3 heterocycles. The zero-order valence-corrected chi connectivity index (χ0v) is 13.6. The van der Waals surface area contributed by atoms with Crippen molar-refractivity contribution in [1.82, 2.24) is 15.1 Å². The number of aryl methyl sites for hydroxylation is 1. The smallest absolute Gasteiger partial charge is 0.263 e. The zero-order chi connectivity index (χ0) is 14.1. The summed E-state index contributed by atoms with van der Waals surface area (Å²) in [5, 5.41) is 7.03. The van der Waals surface area contributed by atoms with Gasteiger partial charge in [0.2, 0.25) is 0 Å². The van der Waals surface area contributed by atoms with Gasteiger partial charge in [-0.15, -0.1) is 11.3 Å². The van der Waals surface area contributed by atoms with Gasteiger partial charge < -0.3 is 4.90 Å². The van der Waals surface area contributed by atoms with Gasteiger partial charge in [-0.05, 0) is 53.4 Å². The fourth-order valence-electron chi connectivity index (χ4n) is 2.63. The number of carbonyl (C=O) groups is 1. The van der Waals surface area contributed by atoms with E-state index in [4.69, 9.17) is 0 Å². The molecule has 3 rings (SSSR count). The number of hydrogen-bond acceptors (Lipinski definition) is 3. The van der Waals surface area contributed by atoms with Crippen LogP contribution in [0.25, 0.3) is 0 Å². The molecule has 1 amide bonds. The Labute approximate surface area is 130 Å². The van der Waals surface area contributed by atoms with Crippen LogP contribution in [0.3, 0.4) is 0 Å². The molecule has 6 heteroatoms. The lowest BCUT2D eigenvalue weighted by Crippen LogP contribution is -2.38. The number of hydrogen-bond donors (Lipinski definition) is 1. The molecule has 1 saturated heterocycles. The second-order valence-corrected chi connectivity index (χ2v) is 7.54. The SMILES string of the molecule is Cc1cc(C(=O)N2CCCC(c3ccn[nH]3)C2)sc1Br. The first-order valence-corrected chi connectivity index (χ1v) is 8.30. The Bertz CT molecular complexity index is 588. The third kappa shape index (κ3) is 2.67. The van der Waals surface area contributed by atoms with E-state index in [1.807, 2.05) is 24.0 Å². The maximum absolute atomic E-state index is 12.6. The van der Waals surface area contributed by atoms with Gasteiger partial charge in [0.05, 0.1) is 8.66 Å². The summed E-state index contributed by atoms with van der Waals surface area (Å²) in [6, 6.07) is 3.97. The summed E-state index contributed by atoms with van der Waals surface area (Å²) in [4.78, 5) is 15.4. The van der Waals surface area contributed by atoms with E-state index in [9.17, 15) is 4.79 Å². The quantitative estimate of drug-likeness (QED) is 0.897. The molecule has 0 radical (unpaired) electrons. The molecule has 0 bridgehead atoms. The molecule has 1 unspecified atom stereocenters. The van der Waals surface area contributed by atoms with Crippen LogP contribution < -0.4 is 0 Å². The lowest BCUT2D eigenvalue weighted by atomic mass is 9.95. The largest absolute Gasteiger partial charge is 0.337 e. The Morgan fingerprint density at radius 3 is 3.10 bits per heavy atom. The van der Waals surface area contributed by atoms with Crippen LogP contribution in [-0.4, -0.2) is 34.1 Å². The molecule has 20 heavy (non-hydrogen) atoms. The van der Waals surface area contributed by atoms with E-state index in [0.29, 0.717) is 5.92 Å². The summed E-state index contributed by atoms with van der Waals surface area (Å²) in [5.41, 5.74) is 2.26. The van der Waals surface area contributed by atoms with Crippen LogP contribution in [0.1, 0.15) is 39.7 Å². The van der Waals surface area contributed by atoms with Crippen molar-refractivity contribution < 1.29 is 4.79 Å². The summed E-state index contributed by atoms with van der Waals surface area (Å²) in [7, 11) is 0. The summed E-state index contributed by atoms with van der Waals surface area (Å²) < 4.78 is 1.04. The predicted molar refractivity (Wildman–Crippen MR) is 83.2 cm³/mol. The van der Waals surface area contributed by atoms with Gasteiger partial charge in [-0.2, -0.15) is 5.10 Å². The average Bonchev–Trinajstić information content (AvgIpc) is 3.09. The summed E-state index contributed by atoms with van der Waals surface area (Å²) in [6.45, 7) is 3.63. The second kappa shape index (κ2) is 5.69. The highest BCUT2D eigenvalue weighted by Gasteiger charge is 2.27. The average molecular weight is 354 g/mol. The molecular weight excluding hydrogens is 338 g/mol. The molecule has 0 spiro atoms. The Hall–Kier alpha value is -1.14. The van der Waals surface area contributed by atoms with Crippen LogP contribution in [0.4, 0.5) is 0 Å². The van der Waals surface area contributed by atoms with Crippen molar-refractivity contribution in [3.63, 3.8) is 0 Å². The van der Waals surface area contributed by atoms with Crippen LogP contribution in [0.2, 0.25) is 0 Å². The highest BCUT2D eigenvalue weighted by atomic mass is 79.9. The van der Waals surface area contributed by atoms with Crippen LogP contribution in [0.15, 0.2) is 22.1 Å². The monoisotopic (exact) mass is 353 g/mol. The molecule has 1 N–H and O–H groups in total. The highest BCUT2D eigenvalue weighted by molar-refractivity contribution is 9.11. The highest BCUT2D eigenvalue weighted by Crippen LogP contribution is 2.31. The molecule has 1 aliphatic heterocycles. The number of aromatic nitrogens is 2. The predicted octanol–water partition coefficient (Wildman–Crippen LogP) is 3.56. The fourth-order valence-corrected chi connectivity index (χ4v) is 4.13. The first-order valence-electron chi connectivity index (χ1n) is 6.69. The topological polar surface area (TPSA) is 49.0 Å². The van der Waals surface area contributed by atoms with Gasteiger partial charge in [0.15, 0.2) is 0 Å². The van der Waals surface area contributed by atoms with Crippen molar-refractivity contribution in [2.24, 2.45) is 0 Å². The van der Waals surface area contributed by atoms with Crippen LogP contribution in [0, 0.1) is 6.92 Å². The maximum Gasteiger partial charge on any atom is 0.263 e. The van der Waals surface area contributed by atoms with Gasteiger partial charge >= 0.3 is 0 Å². The Balaban J connectivity index is 1.75. The van der Waals surface area contributed by atoms with E-state index in [-0.39, 0.29) is 5.91 Å². The van der Waals surface area contributed by atoms with Crippen molar-refractivity contribution in [3.05, 3.63) is 38.3 Å². The van der Waals surface area contributed by atoms with Crippen LogP contribution in [0.5, 0.6) is 0 Å². The van der Waals surface area contributed by atoms with Crippen LogP contribution >= 0.6 is 27.3 Å². The number of halogens is 1. The molecule has 0 aromatic carbocycles. The van der Waals surface area contributed by atoms with Gasteiger partial charge in [-0.3, -0.25) is 9.89 Å². The number of carbonyl (C=O) groups excluding carboxylic acids is 1. The Morgan fingerprint density at radius 2 is 2.45 bits per heavy atom. The van der Waals surface area contributed by atoms with Gasteiger partial charge in [0, 0.05) is 30.9 Å². The van der Waals surface area contributed by atoms with Crippen LogP contribution in [-0.2, 0) is 0 Å². The minimum atomic E-state index is 0.146. The third-order valence-electron chi connectivity index (χ3n) is 3.74. The molecule has 2 aromatic rings. The van der Waals surface area contributed by atoms with Gasteiger partial charge in [0.25, 0.3) is 5.91 Å². The molecule has 1 atom stereocenters. The van der Waals surface area contributed by atoms with E-state index in [2.05, 4.69) is 26.1 Å². The van der Waals surface area contributed by atoms with Gasteiger partial charge in [-0.1, -0.05) is 0 Å². The van der Waals surface area contributed by atoms with Crippen molar-refractivity contribution >= 4 is 33.2 Å². The Morgan fingerprint density at radius 1 is 1.60 bits per heavy atom. The second-order valence-electron chi connectivity index (χ2n) is 5.17. The van der Waals surface area contributed by atoms with Gasteiger partial charge in [-0.25, -0.2) is 0 Å². The first-order chi connectivity index (χ1) is 9.65. The molecular formula is C14H16BrN3OS. The standard InChI is InChI=1S/C14H16BrN3OS/c1-9-7-12(20-13(9)15)14(19)18-6-2-3-10(8-18)11-4-5-16-17-11/h4-5,7,10H,2-3,6,8H2,1H3,(H,16,17). The lowest BCUT2D eigenvalue weighted by molar-refractivity contribution is 0.0710. The number of nitrogens with zero attached hydrogens (tertiary/aromatic N) is 2. The molecule has 1 aliphatic rings. The first kappa shape index (κ1) is 13.8. The number of amides is 1. The molecule has 1 fully saturated rings. The zero-order valence-electron chi connectivity index (χ0n) is 11.2. The van der Waals surface area contributed by atoms with Gasteiger partial charge in [0.1, 0.15) is 0 Å². The molecule has 0 saturated carbocycles. The van der Waals surface area contributed by atoms with Crippen molar-refractivity contribution in [3.8, 4) is 0 Å². The van der Waals surface area contributed by atoms with E-state index >= 15 is 0 Å². The van der Waals surface area contributed by atoms with Crippen molar-refractivity contribution in [2.75, 3.05) is 13.1 Å². The summed E-state index contributed by atoms with van der Waals surface area (Å²) in [6.07, 6.45) is 3.93.